The predicted molar refractivity (Wildman–Crippen MR) is 67.3 cm³/mol. The Hall–Kier alpha value is 0.260. The van der Waals surface area contributed by atoms with E-state index in [4.69, 9.17) is 19.6 Å². The Morgan fingerprint density at radius 2 is 1.50 bits per heavy atom. The normalized spacial score (nSPS) is 26.6. The summed E-state index contributed by atoms with van der Waals surface area (Å²) in [5.41, 5.74) is 0. The fourth-order valence-corrected chi connectivity index (χ4v) is 4.42. The van der Waals surface area contributed by atoms with Gasteiger partial charge in [-0.15, -0.1) is 0 Å². The van der Waals surface area contributed by atoms with Gasteiger partial charge in [0.1, 0.15) is 0 Å². The van der Waals surface area contributed by atoms with Crippen molar-refractivity contribution in [2.75, 3.05) is 6.54 Å². The molecular formula is C9H21NO6P2. The lowest BCUT2D eigenvalue weighted by Crippen LogP contribution is -2.37. The summed E-state index contributed by atoms with van der Waals surface area (Å²) in [6.07, 6.45) is 3.79. The molecule has 0 atom stereocenters. The van der Waals surface area contributed by atoms with Gasteiger partial charge in [0.2, 0.25) is 0 Å². The summed E-state index contributed by atoms with van der Waals surface area (Å²) >= 11 is 0. The zero-order valence-electron chi connectivity index (χ0n) is 10.3. The van der Waals surface area contributed by atoms with Gasteiger partial charge in [-0.05, 0) is 31.6 Å². The smallest absolute Gasteiger partial charge is 0.324 e. The molecule has 1 aliphatic carbocycles. The zero-order valence-corrected chi connectivity index (χ0v) is 12.1. The largest absolute Gasteiger partial charge is 0.342 e. The Bertz CT molecular complexity index is 334. The van der Waals surface area contributed by atoms with Crippen LogP contribution in [0.4, 0.5) is 0 Å². The van der Waals surface area contributed by atoms with Crippen molar-refractivity contribution in [2.24, 2.45) is 5.92 Å². The van der Waals surface area contributed by atoms with Crippen LogP contribution in [-0.4, -0.2) is 37.6 Å². The minimum atomic E-state index is -4.80. The molecule has 108 valence electrons. The quantitative estimate of drug-likeness (QED) is 0.476. The van der Waals surface area contributed by atoms with E-state index in [1.54, 1.807) is 0 Å². The molecule has 18 heavy (non-hydrogen) atoms. The molecule has 0 aliphatic heterocycles. The minimum absolute atomic E-state index is 0.0850. The highest BCUT2D eigenvalue weighted by atomic mass is 31.2. The molecule has 0 saturated heterocycles. The summed E-state index contributed by atoms with van der Waals surface area (Å²) in [5.74, 6) is 0.641. The zero-order chi connectivity index (χ0) is 14.0. The minimum Gasteiger partial charge on any atom is -0.324 e. The van der Waals surface area contributed by atoms with E-state index in [2.05, 4.69) is 12.2 Å². The van der Waals surface area contributed by atoms with Gasteiger partial charge >= 0.3 is 15.2 Å². The first-order valence-corrected chi connectivity index (χ1v) is 9.31. The lowest BCUT2D eigenvalue weighted by Gasteiger charge is -2.29. The van der Waals surface area contributed by atoms with E-state index in [-0.39, 0.29) is 12.6 Å². The van der Waals surface area contributed by atoms with Crippen LogP contribution >= 0.6 is 15.2 Å². The van der Waals surface area contributed by atoms with Crippen LogP contribution in [0.5, 0.6) is 0 Å². The maximum atomic E-state index is 11.1. The van der Waals surface area contributed by atoms with E-state index in [1.165, 1.54) is 0 Å². The van der Waals surface area contributed by atoms with Crippen LogP contribution in [0.2, 0.25) is 0 Å². The molecule has 7 nitrogen and oxygen atoms in total. The predicted octanol–water partition coefficient (Wildman–Crippen LogP) is 0.836. The van der Waals surface area contributed by atoms with E-state index in [9.17, 15) is 9.13 Å². The molecule has 1 rings (SSSR count). The maximum Gasteiger partial charge on any atom is 0.342 e. The molecule has 0 bridgehead atoms. The second-order valence-electron chi connectivity index (χ2n) is 5.02. The summed E-state index contributed by atoms with van der Waals surface area (Å²) in [6, 6.07) is 0.0850. The first-order chi connectivity index (χ1) is 8.10. The molecule has 1 aliphatic rings. The van der Waals surface area contributed by atoms with Crippen molar-refractivity contribution in [3.05, 3.63) is 0 Å². The molecule has 0 aromatic carbocycles. The molecule has 0 spiro atoms. The summed E-state index contributed by atoms with van der Waals surface area (Å²) in [6.45, 7) is 1.79. The highest BCUT2D eigenvalue weighted by Gasteiger charge is 2.43. The number of rotatable bonds is 5. The van der Waals surface area contributed by atoms with Gasteiger partial charge in [0.05, 0.1) is 0 Å². The van der Waals surface area contributed by atoms with Crippen LogP contribution in [0.1, 0.15) is 32.6 Å². The molecule has 0 amide bonds. The topological polar surface area (TPSA) is 127 Å². The molecule has 0 aromatic heterocycles. The van der Waals surface area contributed by atoms with Crippen molar-refractivity contribution in [3.63, 3.8) is 0 Å². The van der Waals surface area contributed by atoms with Crippen molar-refractivity contribution in [1.29, 1.82) is 0 Å². The van der Waals surface area contributed by atoms with E-state index in [0.717, 1.165) is 25.7 Å². The molecular weight excluding hydrogens is 280 g/mol. The SMILES string of the molecule is CC1CCC(NCC(P(=O)(O)O)P(=O)(O)O)CC1. The number of hydrogen-bond acceptors (Lipinski definition) is 3. The van der Waals surface area contributed by atoms with Gasteiger partial charge in [-0.1, -0.05) is 6.92 Å². The third-order valence-corrected chi connectivity index (χ3v) is 7.10. The van der Waals surface area contributed by atoms with Gasteiger partial charge in [-0.2, -0.15) is 0 Å². The molecule has 9 heteroatoms. The van der Waals surface area contributed by atoms with Crippen molar-refractivity contribution in [1.82, 2.24) is 5.32 Å². The van der Waals surface area contributed by atoms with Gasteiger partial charge in [-0.3, -0.25) is 9.13 Å². The van der Waals surface area contributed by atoms with Crippen molar-refractivity contribution in [2.45, 2.75) is 44.0 Å². The first-order valence-electron chi connectivity index (χ1n) is 5.94. The molecule has 1 saturated carbocycles. The fraction of sp³-hybridized carbons (Fsp3) is 1.00. The van der Waals surface area contributed by atoms with Crippen molar-refractivity contribution >= 4 is 15.2 Å². The molecule has 5 N–H and O–H groups in total. The number of nitrogens with one attached hydrogen (secondary N) is 1. The van der Waals surface area contributed by atoms with Crippen molar-refractivity contribution in [3.8, 4) is 0 Å². The Balaban J connectivity index is 2.54. The summed E-state index contributed by atoms with van der Waals surface area (Å²) < 4.78 is 22.1. The van der Waals surface area contributed by atoms with Gasteiger partial charge in [-0.25, -0.2) is 0 Å². The highest BCUT2D eigenvalue weighted by molar-refractivity contribution is 7.70. The fourth-order valence-electron chi connectivity index (χ4n) is 2.17. The lowest BCUT2D eigenvalue weighted by atomic mass is 9.87. The first kappa shape index (κ1) is 16.3. The molecule has 1 fully saturated rings. The van der Waals surface area contributed by atoms with Crippen LogP contribution in [-0.2, 0) is 9.13 Å². The monoisotopic (exact) mass is 301 g/mol. The van der Waals surface area contributed by atoms with Crippen LogP contribution in [0.15, 0.2) is 0 Å². The Kier molecular flexibility index (Phi) is 5.57. The van der Waals surface area contributed by atoms with Crippen LogP contribution < -0.4 is 5.32 Å². The van der Waals surface area contributed by atoms with E-state index in [0.29, 0.717) is 5.92 Å². The van der Waals surface area contributed by atoms with E-state index in [1.807, 2.05) is 0 Å². The van der Waals surface area contributed by atoms with Crippen LogP contribution in [0.3, 0.4) is 0 Å². The third-order valence-electron chi connectivity index (χ3n) is 3.38. The molecule has 0 heterocycles. The van der Waals surface area contributed by atoms with Crippen LogP contribution in [0, 0.1) is 5.92 Å². The Morgan fingerprint density at radius 3 is 1.89 bits per heavy atom. The van der Waals surface area contributed by atoms with E-state index < -0.39 is 20.6 Å². The molecule has 0 aromatic rings. The Labute approximate surface area is 106 Å². The van der Waals surface area contributed by atoms with Gasteiger partial charge in [0.15, 0.2) is 5.40 Å². The molecule has 0 radical (unpaired) electrons. The maximum absolute atomic E-state index is 11.1. The third kappa shape index (κ3) is 5.10. The second-order valence-corrected chi connectivity index (χ2v) is 9.03. The lowest BCUT2D eigenvalue weighted by molar-refractivity contribution is 0.298. The van der Waals surface area contributed by atoms with Crippen LogP contribution in [0.25, 0.3) is 0 Å². The average Bonchev–Trinajstić information content (AvgIpc) is 2.17. The Morgan fingerprint density at radius 1 is 1.06 bits per heavy atom. The molecule has 0 unspecified atom stereocenters. The van der Waals surface area contributed by atoms with E-state index >= 15 is 0 Å². The summed E-state index contributed by atoms with van der Waals surface area (Å²) in [4.78, 5) is 35.9. The highest BCUT2D eigenvalue weighted by Crippen LogP contribution is 2.59. The van der Waals surface area contributed by atoms with Gasteiger partial charge in [0, 0.05) is 12.6 Å². The average molecular weight is 301 g/mol. The standard InChI is InChI=1S/C9H21NO6P2/c1-7-2-4-8(5-3-7)10-6-9(17(11,12)13)18(14,15)16/h7-10H,2-6H2,1H3,(H2,11,12,13)(H2,14,15,16). The van der Waals surface area contributed by atoms with Gasteiger partial charge < -0.3 is 24.9 Å². The van der Waals surface area contributed by atoms with Crippen molar-refractivity contribution < 1.29 is 28.7 Å². The summed E-state index contributed by atoms with van der Waals surface area (Å²) in [7, 11) is -9.61. The second kappa shape index (κ2) is 6.14. The number of hydrogen-bond donors (Lipinski definition) is 5. The summed E-state index contributed by atoms with van der Waals surface area (Å²) in [5, 5.41) is 0.930. The van der Waals surface area contributed by atoms with Gasteiger partial charge in [0.25, 0.3) is 0 Å².